The van der Waals surface area contributed by atoms with Gasteiger partial charge in [-0.3, -0.25) is 19.4 Å². The van der Waals surface area contributed by atoms with Crippen LogP contribution in [-0.2, 0) is 16.1 Å². The van der Waals surface area contributed by atoms with E-state index in [1.165, 1.54) is 17.0 Å². The molecule has 1 saturated heterocycles. The molecule has 0 bridgehead atoms. The van der Waals surface area contributed by atoms with Gasteiger partial charge in [-0.25, -0.2) is 4.39 Å². The van der Waals surface area contributed by atoms with E-state index in [4.69, 9.17) is 27.9 Å². The molecule has 1 heterocycles. The highest BCUT2D eigenvalue weighted by molar-refractivity contribution is 6.32. The normalized spacial score (nSPS) is 14.0. The van der Waals surface area contributed by atoms with E-state index in [0.29, 0.717) is 29.4 Å². The van der Waals surface area contributed by atoms with Crippen molar-refractivity contribution in [1.82, 2.24) is 9.80 Å². The average Bonchev–Trinajstić information content (AvgIpc) is 3.18. The number of ether oxygens (including phenoxy) is 1. The molecule has 3 rings (SSSR count). The summed E-state index contributed by atoms with van der Waals surface area (Å²) in [5.74, 6) is -0.427. The van der Waals surface area contributed by atoms with Crippen LogP contribution in [-0.4, -0.2) is 46.4 Å². The van der Waals surface area contributed by atoms with Crippen LogP contribution in [0.3, 0.4) is 0 Å². The molecule has 1 unspecified atom stereocenters. The summed E-state index contributed by atoms with van der Waals surface area (Å²) in [6, 6.07) is 9.75. The molecular weight excluding hydrogens is 518 g/mol. The summed E-state index contributed by atoms with van der Waals surface area (Å²) in [6.07, 6.45) is 1.57. The molecule has 9 heteroatoms. The summed E-state index contributed by atoms with van der Waals surface area (Å²) in [4.78, 5) is 26.8. The molecule has 202 valence electrons. The Morgan fingerprint density at radius 1 is 1.14 bits per heavy atom. The lowest BCUT2D eigenvalue weighted by Crippen LogP contribution is -2.33. The largest absolute Gasteiger partial charge is 0.513 e. The van der Waals surface area contributed by atoms with Crippen molar-refractivity contribution >= 4 is 35.0 Å². The molecule has 0 spiro atoms. The lowest BCUT2D eigenvalue weighted by molar-refractivity contribution is -0.138. The Balaban J connectivity index is 0.00000235. The third-order valence-corrected chi connectivity index (χ3v) is 6.42. The molecule has 2 aromatic carbocycles. The molecule has 1 aliphatic heterocycles. The van der Waals surface area contributed by atoms with Gasteiger partial charge in [0, 0.05) is 31.8 Å². The van der Waals surface area contributed by atoms with Crippen molar-refractivity contribution in [2.45, 2.75) is 59.0 Å². The molecule has 0 aliphatic carbocycles. The molecule has 37 heavy (non-hydrogen) atoms. The maximum atomic E-state index is 14.2. The van der Waals surface area contributed by atoms with Gasteiger partial charge in [-0.1, -0.05) is 62.7 Å². The van der Waals surface area contributed by atoms with Gasteiger partial charge in [-0.15, -0.1) is 0 Å². The van der Waals surface area contributed by atoms with E-state index in [1.54, 1.807) is 18.2 Å². The minimum atomic E-state index is -0.518. The molecule has 1 atom stereocenters. The number of imide groups is 1. The smallest absolute Gasteiger partial charge is 0.229 e. The van der Waals surface area contributed by atoms with Crippen LogP contribution in [0.1, 0.15) is 63.6 Å². The van der Waals surface area contributed by atoms with Gasteiger partial charge in [0.25, 0.3) is 0 Å². The number of hydrogen-bond donors (Lipinski definition) is 1. The number of benzene rings is 2. The van der Waals surface area contributed by atoms with E-state index in [-0.39, 0.29) is 61.1 Å². The van der Waals surface area contributed by atoms with Crippen LogP contribution < -0.4 is 4.74 Å². The summed E-state index contributed by atoms with van der Waals surface area (Å²) >= 11 is 12.3. The maximum Gasteiger partial charge on any atom is 0.229 e. The number of carbonyl (C=O) groups is 2. The van der Waals surface area contributed by atoms with Gasteiger partial charge >= 0.3 is 0 Å². The number of carbonyl (C=O) groups excluding carboxylic acids is 2. The van der Waals surface area contributed by atoms with Gasteiger partial charge in [0.05, 0.1) is 22.3 Å². The van der Waals surface area contributed by atoms with Gasteiger partial charge in [-0.2, -0.15) is 0 Å². The molecule has 0 saturated carbocycles. The highest BCUT2D eigenvalue weighted by Crippen LogP contribution is 2.32. The van der Waals surface area contributed by atoms with E-state index in [2.05, 4.69) is 11.5 Å². The lowest BCUT2D eigenvalue weighted by atomic mass is 9.99. The van der Waals surface area contributed by atoms with E-state index in [1.807, 2.05) is 26.8 Å². The predicted molar refractivity (Wildman–Crippen MR) is 145 cm³/mol. The van der Waals surface area contributed by atoms with E-state index < -0.39 is 5.82 Å². The summed E-state index contributed by atoms with van der Waals surface area (Å²) in [6.45, 7) is 11.2. The highest BCUT2D eigenvalue weighted by Gasteiger charge is 2.28. The van der Waals surface area contributed by atoms with E-state index in [0.717, 1.165) is 12.0 Å². The minimum Gasteiger partial charge on any atom is -0.513 e. The maximum absolute atomic E-state index is 14.2. The van der Waals surface area contributed by atoms with Gasteiger partial charge in [0.15, 0.2) is 0 Å². The monoisotopic (exact) mass is 552 g/mol. The number of nitrogens with zero attached hydrogens (tertiary/aromatic N) is 2. The van der Waals surface area contributed by atoms with Crippen LogP contribution in [0.15, 0.2) is 48.7 Å². The van der Waals surface area contributed by atoms with Crippen LogP contribution in [0.2, 0.25) is 10.0 Å². The molecule has 0 aromatic heterocycles. The third-order valence-electron chi connectivity index (χ3n) is 5.82. The summed E-state index contributed by atoms with van der Waals surface area (Å²) in [5, 5.41) is 10.4. The first-order valence-electron chi connectivity index (χ1n) is 12.5. The van der Waals surface area contributed by atoms with Gasteiger partial charge < -0.3 is 9.84 Å². The van der Waals surface area contributed by atoms with Crippen LogP contribution in [0.4, 0.5) is 4.39 Å². The topological polar surface area (TPSA) is 70.1 Å². The summed E-state index contributed by atoms with van der Waals surface area (Å²) < 4.78 is 19.9. The summed E-state index contributed by atoms with van der Waals surface area (Å²) in [5.41, 5.74) is 1.59. The first-order chi connectivity index (χ1) is 17.7. The van der Waals surface area contributed by atoms with Crippen molar-refractivity contribution in [3.8, 4) is 5.75 Å². The molecule has 1 N–H and O–H groups in total. The molecule has 2 amide bonds. The number of likely N-dealkylation sites (tertiary alicyclic amines) is 1. The Hall–Kier alpha value is -2.61. The quantitative estimate of drug-likeness (QED) is 0.224. The Morgan fingerprint density at radius 2 is 1.81 bits per heavy atom. The number of rotatable bonds is 12. The van der Waals surface area contributed by atoms with Crippen molar-refractivity contribution in [2.24, 2.45) is 0 Å². The number of aliphatic hydroxyl groups is 1. The fourth-order valence-electron chi connectivity index (χ4n) is 4.15. The van der Waals surface area contributed by atoms with E-state index >= 15 is 0 Å². The van der Waals surface area contributed by atoms with Crippen LogP contribution in [0, 0.1) is 5.82 Å². The molecular formula is C28H35Cl2FN2O4. The Bertz CT molecular complexity index is 1080. The van der Waals surface area contributed by atoms with Gasteiger partial charge in [-0.05, 0) is 48.4 Å². The molecule has 2 aromatic rings. The molecule has 6 nitrogen and oxygen atoms in total. The predicted octanol–water partition coefficient (Wildman–Crippen LogP) is 7.10. The average molecular weight is 554 g/mol. The standard InChI is InChI=1S/C26H29Cl2FN2O4.C2H6/c1-3-10-30(23(13-17(2)32)19-5-6-20(27)22(29)15-19)16-18-4-7-24(21(28)14-18)35-12-11-31-25(33)8-9-26(31)34;1-2/h4-7,14-15,23,32H,2-3,8-13,16H2,1H3;1-2H3. The Morgan fingerprint density at radius 3 is 2.38 bits per heavy atom. The van der Waals surface area contributed by atoms with Crippen molar-refractivity contribution in [1.29, 1.82) is 0 Å². The van der Waals surface area contributed by atoms with Crippen molar-refractivity contribution < 1.29 is 23.8 Å². The zero-order chi connectivity index (χ0) is 27.5. The number of aliphatic hydroxyl groups excluding tert-OH is 1. The van der Waals surface area contributed by atoms with Crippen LogP contribution in [0.5, 0.6) is 5.75 Å². The van der Waals surface area contributed by atoms with Crippen molar-refractivity contribution in [3.63, 3.8) is 0 Å². The second-order valence-electron chi connectivity index (χ2n) is 8.48. The first-order valence-corrected chi connectivity index (χ1v) is 13.2. The molecule has 0 radical (unpaired) electrons. The Kier molecular flexibility index (Phi) is 12.4. The first kappa shape index (κ1) is 30.6. The van der Waals surface area contributed by atoms with Crippen LogP contribution in [0.25, 0.3) is 0 Å². The Labute approximate surface area is 228 Å². The number of amides is 2. The second-order valence-corrected chi connectivity index (χ2v) is 9.30. The molecule has 1 aliphatic rings. The fraction of sp³-hybridized carbons (Fsp3) is 0.429. The SMILES string of the molecule is C=C(O)CC(c1ccc(Cl)c(F)c1)N(CCC)Cc1ccc(OCCN2C(=O)CCC2=O)c(Cl)c1.CC. The minimum absolute atomic E-state index is 0.00297. The van der Waals surface area contributed by atoms with Crippen molar-refractivity contribution in [3.05, 3.63) is 75.7 Å². The van der Waals surface area contributed by atoms with E-state index in [9.17, 15) is 19.1 Å². The van der Waals surface area contributed by atoms with Gasteiger partial charge in [0.1, 0.15) is 18.2 Å². The van der Waals surface area contributed by atoms with Gasteiger partial charge in [0.2, 0.25) is 11.8 Å². The zero-order valence-corrected chi connectivity index (χ0v) is 23.1. The van der Waals surface area contributed by atoms with Crippen LogP contribution >= 0.6 is 23.2 Å². The van der Waals surface area contributed by atoms with Crippen molar-refractivity contribution in [2.75, 3.05) is 19.7 Å². The lowest BCUT2D eigenvalue weighted by Gasteiger charge is -2.32. The second kappa shape index (κ2) is 15.0. The zero-order valence-electron chi connectivity index (χ0n) is 21.6. The summed E-state index contributed by atoms with van der Waals surface area (Å²) in [7, 11) is 0. The molecule has 1 fully saturated rings. The number of halogens is 3. The number of hydrogen-bond acceptors (Lipinski definition) is 5. The highest BCUT2D eigenvalue weighted by atomic mass is 35.5. The third kappa shape index (κ3) is 8.73. The fourth-order valence-corrected chi connectivity index (χ4v) is 4.52.